The molecule has 1 amide bonds. The quantitative estimate of drug-likeness (QED) is 0.676. The van der Waals surface area contributed by atoms with Crippen LogP contribution in [0.3, 0.4) is 0 Å². The van der Waals surface area contributed by atoms with Gasteiger partial charge in [-0.3, -0.25) is 4.79 Å². The summed E-state index contributed by atoms with van der Waals surface area (Å²) in [5.41, 5.74) is 1.15. The zero-order valence-corrected chi connectivity index (χ0v) is 15.5. The van der Waals surface area contributed by atoms with Crippen LogP contribution in [-0.2, 0) is 13.1 Å². The molecule has 0 aliphatic carbocycles. The van der Waals surface area contributed by atoms with Crippen LogP contribution in [0, 0.1) is 5.82 Å². The fourth-order valence-corrected chi connectivity index (χ4v) is 2.98. The average Bonchev–Trinajstić information content (AvgIpc) is 2.92. The molecule has 8 heteroatoms. The normalized spacial score (nSPS) is 13.9. The largest absolute Gasteiger partial charge is 0.471 e. The minimum atomic E-state index is -2.99. The zero-order chi connectivity index (χ0) is 18.9. The third-order valence-corrected chi connectivity index (χ3v) is 4.67. The molecule has 138 valence electrons. The summed E-state index contributed by atoms with van der Waals surface area (Å²) >= 11 is 3.19. The van der Waals surface area contributed by atoms with Gasteiger partial charge < -0.3 is 9.64 Å². The van der Waals surface area contributed by atoms with E-state index in [4.69, 9.17) is 4.74 Å². The molecule has 0 atom stereocenters. The molecule has 2 aromatic rings. The number of hydrogen-bond donors (Lipinski definition) is 0. The molecule has 0 bridgehead atoms. The van der Waals surface area contributed by atoms with Gasteiger partial charge in [0.25, 0.3) is 11.8 Å². The van der Waals surface area contributed by atoms with Crippen LogP contribution in [0.4, 0.5) is 13.2 Å². The predicted octanol–water partition coefficient (Wildman–Crippen LogP) is 4.56. The molecule has 0 radical (unpaired) electrons. The maximum Gasteiger partial charge on any atom is 0.281 e. The smallest absolute Gasteiger partial charge is 0.281 e. The summed E-state index contributed by atoms with van der Waals surface area (Å²) in [4.78, 5) is 18.0. The van der Waals surface area contributed by atoms with Crippen molar-refractivity contribution in [2.45, 2.75) is 32.4 Å². The van der Waals surface area contributed by atoms with Gasteiger partial charge in [-0.1, -0.05) is 28.9 Å². The number of fused-ring (bicyclic) bond motifs is 1. The van der Waals surface area contributed by atoms with Crippen LogP contribution >= 0.6 is 15.9 Å². The highest BCUT2D eigenvalue weighted by molar-refractivity contribution is 9.10. The van der Waals surface area contributed by atoms with Gasteiger partial charge in [0.1, 0.15) is 11.4 Å². The number of hydrogen-bond acceptors (Lipinski definition) is 3. The van der Waals surface area contributed by atoms with Crippen molar-refractivity contribution >= 4 is 21.8 Å². The third-order valence-electron chi connectivity index (χ3n) is 4.18. The van der Waals surface area contributed by atoms with E-state index in [-0.39, 0.29) is 31.0 Å². The zero-order valence-electron chi connectivity index (χ0n) is 13.9. The Morgan fingerprint density at radius 3 is 2.81 bits per heavy atom. The highest BCUT2D eigenvalue weighted by Gasteiger charge is 2.34. The predicted molar refractivity (Wildman–Crippen MR) is 92.6 cm³/mol. The summed E-state index contributed by atoms with van der Waals surface area (Å²) in [6.45, 7) is 0.817. The second-order valence-corrected chi connectivity index (χ2v) is 6.96. The molecule has 1 aromatic carbocycles. The van der Waals surface area contributed by atoms with Crippen LogP contribution in [-0.4, -0.2) is 28.3 Å². The lowest BCUT2D eigenvalue weighted by Crippen LogP contribution is -2.26. The first-order chi connectivity index (χ1) is 12.3. The second-order valence-electron chi connectivity index (χ2n) is 6.05. The fourth-order valence-electron chi connectivity index (χ4n) is 2.64. The Morgan fingerprint density at radius 1 is 1.35 bits per heavy atom. The van der Waals surface area contributed by atoms with E-state index in [2.05, 4.69) is 20.9 Å². The molecule has 0 saturated carbocycles. The summed E-state index contributed by atoms with van der Waals surface area (Å²) in [6.07, 6.45) is 1.04. The molecule has 0 unspecified atom stereocenters. The van der Waals surface area contributed by atoms with Crippen molar-refractivity contribution in [2.24, 2.45) is 0 Å². The maximum atomic E-state index is 14.0. The number of halogens is 4. The van der Waals surface area contributed by atoms with E-state index >= 15 is 0 Å². The highest BCUT2D eigenvalue weighted by atomic mass is 79.9. The van der Waals surface area contributed by atoms with Gasteiger partial charge in [-0.15, -0.1) is 0 Å². The average molecular weight is 429 g/mol. The molecule has 0 N–H and O–H groups in total. The number of rotatable bonds is 6. The molecule has 4 nitrogen and oxygen atoms in total. The van der Waals surface area contributed by atoms with Gasteiger partial charge in [0.05, 0.1) is 0 Å². The summed E-state index contributed by atoms with van der Waals surface area (Å²) in [5, 5.41) is 0. The number of aromatic nitrogens is 1. The SMILES string of the molecule is CCC(F)(F)COc1nccc2c1C(=O)N(Cc1ccc(Br)cc1F)C2. The number of pyridine rings is 1. The Labute approximate surface area is 157 Å². The van der Waals surface area contributed by atoms with Crippen molar-refractivity contribution in [2.75, 3.05) is 6.61 Å². The Kier molecular flexibility index (Phi) is 5.22. The summed E-state index contributed by atoms with van der Waals surface area (Å²) in [7, 11) is 0. The minimum absolute atomic E-state index is 0.0667. The lowest BCUT2D eigenvalue weighted by Gasteiger charge is -2.17. The molecular formula is C18H16BrF3N2O2. The van der Waals surface area contributed by atoms with Gasteiger partial charge in [0, 0.05) is 35.7 Å². The molecule has 1 aromatic heterocycles. The van der Waals surface area contributed by atoms with Crippen molar-refractivity contribution in [3.8, 4) is 5.88 Å². The van der Waals surface area contributed by atoms with Gasteiger partial charge in [0.15, 0.2) is 6.61 Å². The van der Waals surface area contributed by atoms with Crippen LogP contribution in [0.1, 0.15) is 34.8 Å². The topological polar surface area (TPSA) is 42.4 Å². The molecule has 2 heterocycles. The van der Waals surface area contributed by atoms with Gasteiger partial charge >= 0.3 is 0 Å². The van der Waals surface area contributed by atoms with Gasteiger partial charge in [-0.2, -0.15) is 0 Å². The number of alkyl halides is 2. The van der Waals surface area contributed by atoms with E-state index in [1.165, 1.54) is 24.1 Å². The fraction of sp³-hybridized carbons (Fsp3) is 0.333. The maximum absolute atomic E-state index is 14.0. The number of nitrogens with zero attached hydrogens (tertiary/aromatic N) is 2. The summed E-state index contributed by atoms with van der Waals surface area (Å²) < 4.78 is 46.6. The summed E-state index contributed by atoms with van der Waals surface area (Å²) in [5.74, 6) is -3.95. The first-order valence-corrected chi connectivity index (χ1v) is 8.82. The number of carbonyl (C=O) groups is 1. The minimum Gasteiger partial charge on any atom is -0.471 e. The van der Waals surface area contributed by atoms with E-state index in [0.717, 1.165) is 0 Å². The first-order valence-electron chi connectivity index (χ1n) is 8.02. The monoisotopic (exact) mass is 428 g/mol. The van der Waals surface area contributed by atoms with Crippen molar-refractivity contribution < 1.29 is 22.7 Å². The highest BCUT2D eigenvalue weighted by Crippen LogP contribution is 2.31. The van der Waals surface area contributed by atoms with E-state index in [9.17, 15) is 18.0 Å². The van der Waals surface area contributed by atoms with E-state index < -0.39 is 24.3 Å². The van der Waals surface area contributed by atoms with Crippen LogP contribution < -0.4 is 4.74 Å². The Bertz CT molecular complexity index is 845. The van der Waals surface area contributed by atoms with Crippen molar-refractivity contribution in [1.29, 1.82) is 0 Å². The summed E-state index contributed by atoms with van der Waals surface area (Å²) in [6, 6.07) is 6.24. The number of ether oxygens (including phenoxy) is 1. The molecule has 3 rings (SSSR count). The van der Waals surface area contributed by atoms with Gasteiger partial charge in [0.2, 0.25) is 5.88 Å². The van der Waals surface area contributed by atoms with Crippen LogP contribution in [0.5, 0.6) is 5.88 Å². The first kappa shape index (κ1) is 18.7. The molecule has 0 saturated heterocycles. The molecule has 26 heavy (non-hydrogen) atoms. The van der Waals surface area contributed by atoms with Crippen LogP contribution in [0.25, 0.3) is 0 Å². The van der Waals surface area contributed by atoms with E-state index in [1.807, 2.05) is 0 Å². The Morgan fingerprint density at radius 2 is 2.12 bits per heavy atom. The molecule has 0 fully saturated rings. The van der Waals surface area contributed by atoms with Crippen molar-refractivity contribution in [1.82, 2.24) is 9.88 Å². The molecule has 0 spiro atoms. The molecule has 1 aliphatic rings. The van der Waals surface area contributed by atoms with Crippen LogP contribution in [0.15, 0.2) is 34.9 Å². The number of carbonyl (C=O) groups excluding carboxylic acids is 1. The van der Waals surface area contributed by atoms with Crippen LogP contribution in [0.2, 0.25) is 0 Å². The Hall–Kier alpha value is -2.09. The lowest BCUT2D eigenvalue weighted by molar-refractivity contribution is -0.0449. The second kappa shape index (κ2) is 7.26. The molecule has 1 aliphatic heterocycles. The lowest BCUT2D eigenvalue weighted by atomic mass is 10.2. The Balaban J connectivity index is 1.80. The van der Waals surface area contributed by atoms with E-state index in [1.54, 1.807) is 18.2 Å². The van der Waals surface area contributed by atoms with E-state index in [0.29, 0.717) is 15.6 Å². The van der Waals surface area contributed by atoms with Gasteiger partial charge in [-0.25, -0.2) is 18.2 Å². The van der Waals surface area contributed by atoms with Crippen molar-refractivity contribution in [3.63, 3.8) is 0 Å². The van der Waals surface area contributed by atoms with Gasteiger partial charge in [-0.05, 0) is 23.8 Å². The molecular weight excluding hydrogens is 413 g/mol. The number of benzene rings is 1. The standard InChI is InChI=1S/C18H16BrF3N2O2/c1-2-18(21,22)10-26-16-15-12(5-6-23-16)9-24(17(15)25)8-11-3-4-13(19)7-14(11)20/h3-7H,2,8-10H2,1H3. The number of amides is 1. The van der Waals surface area contributed by atoms with Crippen molar-refractivity contribution in [3.05, 3.63) is 57.4 Å². The third kappa shape index (κ3) is 3.85.